The van der Waals surface area contributed by atoms with Crippen LogP contribution in [-0.4, -0.2) is 11.7 Å². The number of phenolic OH excluding ortho intramolecular Hbond substituents is 1. The zero-order chi connectivity index (χ0) is 10.9. The molecular weight excluding hydrogens is 188 g/mol. The van der Waals surface area contributed by atoms with Gasteiger partial charge in [-0.2, -0.15) is 5.26 Å². The third-order valence-electron chi connectivity index (χ3n) is 2.16. The highest BCUT2D eigenvalue weighted by molar-refractivity contribution is 5.25. The van der Waals surface area contributed by atoms with Gasteiger partial charge in [0.1, 0.15) is 5.75 Å². The number of nitriles is 1. The number of aromatic hydroxyl groups is 1. The first-order valence-electron chi connectivity index (χ1n) is 5.18. The molecule has 0 atom stereocenters. The molecule has 3 nitrogen and oxygen atoms in total. The lowest BCUT2D eigenvalue weighted by atomic mass is 10.2. The van der Waals surface area contributed by atoms with Crippen molar-refractivity contribution in [3.63, 3.8) is 0 Å². The van der Waals surface area contributed by atoms with Gasteiger partial charge in [0, 0.05) is 13.0 Å². The SMILES string of the molecule is N#CCCCCNCc1ccc(O)cc1. The van der Waals surface area contributed by atoms with Crippen LogP contribution in [0.25, 0.3) is 0 Å². The first kappa shape index (κ1) is 11.5. The Morgan fingerprint density at radius 1 is 1.20 bits per heavy atom. The molecule has 0 radical (unpaired) electrons. The van der Waals surface area contributed by atoms with Gasteiger partial charge in [-0.25, -0.2) is 0 Å². The van der Waals surface area contributed by atoms with Crippen LogP contribution < -0.4 is 5.32 Å². The average molecular weight is 204 g/mol. The summed E-state index contributed by atoms with van der Waals surface area (Å²) in [6.07, 6.45) is 2.63. The number of nitrogens with one attached hydrogen (secondary N) is 1. The van der Waals surface area contributed by atoms with E-state index in [4.69, 9.17) is 10.4 Å². The zero-order valence-electron chi connectivity index (χ0n) is 8.74. The standard InChI is InChI=1S/C12H16N2O/c13-8-2-1-3-9-14-10-11-4-6-12(15)7-5-11/h4-7,14-15H,1-3,9-10H2. The molecule has 0 spiro atoms. The molecule has 0 aliphatic carbocycles. The van der Waals surface area contributed by atoms with Crippen LogP contribution in [0.15, 0.2) is 24.3 Å². The Bertz CT molecular complexity index is 313. The average Bonchev–Trinajstić information content (AvgIpc) is 2.26. The van der Waals surface area contributed by atoms with E-state index in [0.29, 0.717) is 12.2 Å². The molecule has 2 N–H and O–H groups in total. The van der Waals surface area contributed by atoms with Crippen LogP contribution in [0, 0.1) is 11.3 Å². The van der Waals surface area contributed by atoms with Crippen molar-refractivity contribution in [2.24, 2.45) is 0 Å². The minimum Gasteiger partial charge on any atom is -0.508 e. The molecule has 0 heterocycles. The maximum Gasteiger partial charge on any atom is 0.115 e. The summed E-state index contributed by atoms with van der Waals surface area (Å²) in [5.74, 6) is 0.299. The van der Waals surface area contributed by atoms with Gasteiger partial charge in [0.05, 0.1) is 6.07 Å². The van der Waals surface area contributed by atoms with Crippen LogP contribution in [0.1, 0.15) is 24.8 Å². The van der Waals surface area contributed by atoms with E-state index in [1.807, 2.05) is 12.1 Å². The number of phenols is 1. The van der Waals surface area contributed by atoms with E-state index in [9.17, 15) is 0 Å². The summed E-state index contributed by atoms with van der Waals surface area (Å²) >= 11 is 0. The van der Waals surface area contributed by atoms with Crippen molar-refractivity contribution in [1.29, 1.82) is 5.26 Å². The lowest BCUT2D eigenvalue weighted by molar-refractivity contribution is 0.475. The van der Waals surface area contributed by atoms with Crippen molar-refractivity contribution in [3.05, 3.63) is 29.8 Å². The minimum atomic E-state index is 0.299. The number of hydrogen-bond acceptors (Lipinski definition) is 3. The summed E-state index contributed by atoms with van der Waals surface area (Å²) in [6.45, 7) is 1.75. The monoisotopic (exact) mass is 204 g/mol. The van der Waals surface area contributed by atoms with Crippen molar-refractivity contribution in [3.8, 4) is 11.8 Å². The second-order valence-corrected chi connectivity index (χ2v) is 3.46. The Labute approximate surface area is 90.4 Å². The van der Waals surface area contributed by atoms with Crippen LogP contribution in [-0.2, 0) is 6.54 Å². The molecule has 0 aliphatic heterocycles. The topological polar surface area (TPSA) is 56.0 Å². The summed E-state index contributed by atoms with van der Waals surface area (Å²) in [6, 6.07) is 9.30. The molecule has 0 saturated heterocycles. The lowest BCUT2D eigenvalue weighted by Gasteiger charge is -2.03. The van der Waals surface area contributed by atoms with Crippen LogP contribution in [0.4, 0.5) is 0 Å². The molecule has 0 aliphatic rings. The highest BCUT2D eigenvalue weighted by Crippen LogP contribution is 2.09. The van der Waals surface area contributed by atoms with Crippen LogP contribution in [0.2, 0.25) is 0 Å². The summed E-state index contributed by atoms with van der Waals surface area (Å²) < 4.78 is 0. The number of hydrogen-bond donors (Lipinski definition) is 2. The first-order chi connectivity index (χ1) is 7.33. The summed E-state index contributed by atoms with van der Waals surface area (Å²) in [5.41, 5.74) is 1.16. The normalized spacial score (nSPS) is 9.80. The molecule has 15 heavy (non-hydrogen) atoms. The quantitative estimate of drug-likeness (QED) is 0.698. The van der Waals surface area contributed by atoms with Gasteiger partial charge in [0.2, 0.25) is 0 Å². The van der Waals surface area contributed by atoms with Gasteiger partial charge in [-0.05, 0) is 37.1 Å². The van der Waals surface area contributed by atoms with E-state index in [0.717, 1.165) is 31.5 Å². The Morgan fingerprint density at radius 3 is 2.60 bits per heavy atom. The predicted octanol–water partition coefficient (Wildman–Crippen LogP) is 2.18. The smallest absolute Gasteiger partial charge is 0.115 e. The van der Waals surface area contributed by atoms with E-state index >= 15 is 0 Å². The van der Waals surface area contributed by atoms with E-state index in [1.54, 1.807) is 12.1 Å². The molecule has 1 rings (SSSR count). The molecule has 0 saturated carbocycles. The predicted molar refractivity (Wildman–Crippen MR) is 59.3 cm³/mol. The Hall–Kier alpha value is -1.53. The van der Waals surface area contributed by atoms with Gasteiger partial charge in [0.25, 0.3) is 0 Å². The fraction of sp³-hybridized carbons (Fsp3) is 0.417. The van der Waals surface area contributed by atoms with Gasteiger partial charge >= 0.3 is 0 Å². The van der Waals surface area contributed by atoms with E-state index in [1.165, 1.54) is 0 Å². The highest BCUT2D eigenvalue weighted by atomic mass is 16.3. The second-order valence-electron chi connectivity index (χ2n) is 3.46. The number of nitrogens with zero attached hydrogens (tertiary/aromatic N) is 1. The number of rotatable bonds is 6. The molecule has 1 aromatic rings. The van der Waals surface area contributed by atoms with Gasteiger partial charge in [-0.1, -0.05) is 12.1 Å². The number of benzene rings is 1. The van der Waals surface area contributed by atoms with Crippen molar-refractivity contribution < 1.29 is 5.11 Å². The molecule has 3 heteroatoms. The number of unbranched alkanes of at least 4 members (excludes halogenated alkanes) is 2. The van der Waals surface area contributed by atoms with Crippen molar-refractivity contribution in [2.75, 3.05) is 6.54 Å². The molecule has 80 valence electrons. The Kier molecular flexibility index (Phi) is 5.28. The third-order valence-corrected chi connectivity index (χ3v) is 2.16. The zero-order valence-corrected chi connectivity index (χ0v) is 8.74. The van der Waals surface area contributed by atoms with Crippen molar-refractivity contribution in [2.45, 2.75) is 25.8 Å². The molecule has 0 unspecified atom stereocenters. The van der Waals surface area contributed by atoms with E-state index in [2.05, 4.69) is 11.4 Å². The van der Waals surface area contributed by atoms with E-state index < -0.39 is 0 Å². The maximum absolute atomic E-state index is 9.07. The molecule has 1 aromatic carbocycles. The summed E-state index contributed by atoms with van der Waals surface area (Å²) in [4.78, 5) is 0. The minimum absolute atomic E-state index is 0.299. The molecular formula is C12H16N2O. The Balaban J connectivity index is 2.10. The molecule has 0 aromatic heterocycles. The van der Waals surface area contributed by atoms with Crippen LogP contribution >= 0.6 is 0 Å². The van der Waals surface area contributed by atoms with Crippen LogP contribution in [0.3, 0.4) is 0 Å². The molecule has 0 fully saturated rings. The third kappa shape index (κ3) is 5.04. The summed E-state index contributed by atoms with van der Waals surface area (Å²) in [5, 5.41) is 20.7. The van der Waals surface area contributed by atoms with Crippen molar-refractivity contribution >= 4 is 0 Å². The van der Waals surface area contributed by atoms with Crippen molar-refractivity contribution in [1.82, 2.24) is 5.32 Å². The molecule has 0 amide bonds. The van der Waals surface area contributed by atoms with E-state index in [-0.39, 0.29) is 0 Å². The fourth-order valence-electron chi connectivity index (χ4n) is 1.30. The van der Waals surface area contributed by atoms with Gasteiger partial charge in [-0.3, -0.25) is 0 Å². The fourth-order valence-corrected chi connectivity index (χ4v) is 1.30. The maximum atomic E-state index is 9.07. The Morgan fingerprint density at radius 2 is 1.93 bits per heavy atom. The van der Waals surface area contributed by atoms with Gasteiger partial charge in [0.15, 0.2) is 0 Å². The first-order valence-corrected chi connectivity index (χ1v) is 5.18. The van der Waals surface area contributed by atoms with Gasteiger partial charge in [-0.15, -0.1) is 0 Å². The van der Waals surface area contributed by atoms with Crippen LogP contribution in [0.5, 0.6) is 5.75 Å². The highest BCUT2D eigenvalue weighted by Gasteiger charge is 1.93. The summed E-state index contributed by atoms with van der Waals surface area (Å²) in [7, 11) is 0. The largest absolute Gasteiger partial charge is 0.508 e. The second kappa shape index (κ2) is 6.86. The lowest BCUT2D eigenvalue weighted by Crippen LogP contribution is -2.14. The molecule has 0 bridgehead atoms. The van der Waals surface area contributed by atoms with Gasteiger partial charge < -0.3 is 10.4 Å².